The smallest absolute Gasteiger partial charge is 0.281 e. The number of benzene rings is 4. The van der Waals surface area contributed by atoms with Crippen LogP contribution in [0.2, 0.25) is 0 Å². The van der Waals surface area contributed by atoms with Crippen LogP contribution in [0.4, 0.5) is 5.82 Å². The van der Waals surface area contributed by atoms with Gasteiger partial charge in [0.25, 0.3) is 4.87 Å². The third-order valence-corrected chi connectivity index (χ3v) is 6.44. The predicted octanol–water partition coefficient (Wildman–Crippen LogP) is 7.52. The van der Waals surface area contributed by atoms with Crippen molar-refractivity contribution in [1.82, 2.24) is 9.97 Å². The fraction of sp³-hybridized carbons (Fsp3) is 0. The maximum atomic E-state index is 6.35. The zero-order valence-corrected chi connectivity index (χ0v) is 18.9. The minimum Gasteiger partial charge on any atom is -0.429 e. The van der Waals surface area contributed by atoms with Gasteiger partial charge >= 0.3 is 0 Å². The molecule has 6 rings (SSSR count). The van der Waals surface area contributed by atoms with Crippen LogP contribution in [-0.4, -0.2) is 9.97 Å². The molecule has 2 heterocycles. The normalized spacial score (nSPS) is 11.7. The van der Waals surface area contributed by atoms with Gasteiger partial charge in [-0.1, -0.05) is 114 Å². The van der Waals surface area contributed by atoms with Crippen LogP contribution in [0.3, 0.4) is 0 Å². The van der Waals surface area contributed by atoms with Gasteiger partial charge in [0.1, 0.15) is 0 Å². The van der Waals surface area contributed by atoms with E-state index in [-0.39, 0.29) is 0 Å². The summed E-state index contributed by atoms with van der Waals surface area (Å²) in [5, 5.41) is 0.883. The molecule has 0 amide bonds. The van der Waals surface area contributed by atoms with Gasteiger partial charge in [-0.2, -0.15) is 4.99 Å². The van der Waals surface area contributed by atoms with Crippen LogP contribution in [0.5, 0.6) is 0 Å². The summed E-state index contributed by atoms with van der Waals surface area (Å²) in [6, 6.07) is 38.3. The minimum atomic E-state index is 0.542. The van der Waals surface area contributed by atoms with Crippen molar-refractivity contribution >= 4 is 28.1 Å². The van der Waals surface area contributed by atoms with E-state index in [4.69, 9.17) is 19.4 Å². The predicted molar refractivity (Wildman–Crippen MR) is 138 cm³/mol. The number of fused-ring (bicyclic) bond motifs is 1. The van der Waals surface area contributed by atoms with E-state index in [1.165, 1.54) is 11.3 Å². The Bertz CT molecular complexity index is 1580. The zero-order valence-electron chi connectivity index (χ0n) is 18.1. The van der Waals surface area contributed by atoms with Gasteiger partial charge in [-0.05, 0) is 17.7 Å². The van der Waals surface area contributed by atoms with Gasteiger partial charge in [-0.25, -0.2) is 9.97 Å². The monoisotopic (exact) mass is 457 g/mol. The lowest BCUT2D eigenvalue weighted by atomic mass is 10.1. The molecular weight excluding hydrogens is 438 g/mol. The van der Waals surface area contributed by atoms with Crippen LogP contribution in [-0.2, 0) is 0 Å². The Morgan fingerprint density at radius 3 is 1.88 bits per heavy atom. The van der Waals surface area contributed by atoms with Gasteiger partial charge in [0.05, 0.1) is 10.4 Å². The minimum absolute atomic E-state index is 0.542. The average Bonchev–Trinajstić information content (AvgIpc) is 3.34. The van der Waals surface area contributed by atoms with Crippen LogP contribution in [0, 0.1) is 0 Å². The van der Waals surface area contributed by atoms with Crippen molar-refractivity contribution < 1.29 is 4.42 Å². The standard InChI is InChI=1S/C29H19N3OS/c1-4-12-20(13-5-1)25-26(21-14-6-2-7-15-21)34-29(33-25)32-28-23-18-10-11-19-24(23)30-27(31-28)22-16-8-3-9-17-22/h1-19H. The van der Waals surface area contributed by atoms with Gasteiger partial charge in [-0.15, -0.1) is 0 Å². The molecule has 0 aliphatic rings. The number of hydrogen-bond donors (Lipinski definition) is 0. The molecule has 6 aromatic rings. The Morgan fingerprint density at radius 1 is 0.588 bits per heavy atom. The van der Waals surface area contributed by atoms with Gasteiger partial charge in [-0.3, -0.25) is 0 Å². The summed E-state index contributed by atoms with van der Waals surface area (Å²) in [7, 11) is 0. The van der Waals surface area contributed by atoms with Gasteiger partial charge < -0.3 is 4.42 Å². The highest BCUT2D eigenvalue weighted by Gasteiger charge is 2.15. The lowest BCUT2D eigenvalue weighted by Gasteiger charge is -2.05. The first kappa shape index (κ1) is 20.3. The summed E-state index contributed by atoms with van der Waals surface area (Å²) in [5.41, 5.74) is 3.90. The molecule has 0 radical (unpaired) electrons. The maximum absolute atomic E-state index is 6.35. The Balaban J connectivity index is 1.58. The number of aromatic nitrogens is 2. The van der Waals surface area contributed by atoms with Gasteiger partial charge in [0.2, 0.25) is 0 Å². The van der Waals surface area contributed by atoms with Crippen molar-refractivity contribution in [2.75, 3.05) is 0 Å². The number of hydrogen-bond acceptors (Lipinski definition) is 5. The van der Waals surface area contributed by atoms with Crippen molar-refractivity contribution in [3.8, 4) is 33.2 Å². The summed E-state index contributed by atoms with van der Waals surface area (Å²) in [4.78, 5) is 16.1. The first-order valence-electron chi connectivity index (χ1n) is 11.0. The molecule has 4 nitrogen and oxygen atoms in total. The summed E-state index contributed by atoms with van der Waals surface area (Å²) in [6.07, 6.45) is 0. The molecule has 0 fully saturated rings. The van der Waals surface area contributed by atoms with E-state index in [2.05, 4.69) is 24.3 Å². The molecule has 0 aliphatic carbocycles. The quantitative estimate of drug-likeness (QED) is 0.275. The molecule has 0 aliphatic heterocycles. The third kappa shape index (κ3) is 3.93. The van der Waals surface area contributed by atoms with Gasteiger partial charge in [0, 0.05) is 16.5 Å². The van der Waals surface area contributed by atoms with Crippen molar-refractivity contribution in [2.45, 2.75) is 0 Å². The summed E-state index contributed by atoms with van der Waals surface area (Å²) in [6.45, 7) is 0. The molecule has 4 aromatic carbocycles. The van der Waals surface area contributed by atoms with Crippen LogP contribution < -0.4 is 4.87 Å². The zero-order chi connectivity index (χ0) is 22.7. The fourth-order valence-corrected chi connectivity index (χ4v) is 4.78. The van der Waals surface area contributed by atoms with E-state index in [0.717, 1.165) is 38.2 Å². The van der Waals surface area contributed by atoms with Gasteiger partial charge in [0.15, 0.2) is 17.4 Å². The van der Waals surface area contributed by atoms with Crippen molar-refractivity contribution in [2.24, 2.45) is 4.99 Å². The second-order valence-corrected chi connectivity index (χ2v) is 8.69. The third-order valence-electron chi connectivity index (χ3n) is 5.47. The number of para-hydroxylation sites is 1. The molecule has 0 saturated carbocycles. The van der Waals surface area contributed by atoms with Crippen molar-refractivity contribution in [3.05, 3.63) is 120 Å². The molecule has 0 spiro atoms. The van der Waals surface area contributed by atoms with E-state index in [1.54, 1.807) is 0 Å². The molecular formula is C29H19N3OS. The largest absolute Gasteiger partial charge is 0.429 e. The Morgan fingerprint density at radius 2 is 1.18 bits per heavy atom. The topological polar surface area (TPSA) is 51.3 Å². The second kappa shape index (κ2) is 8.89. The molecule has 34 heavy (non-hydrogen) atoms. The van der Waals surface area contributed by atoms with E-state index >= 15 is 0 Å². The molecule has 5 heteroatoms. The average molecular weight is 458 g/mol. The second-order valence-electron chi connectivity index (χ2n) is 7.73. The summed E-state index contributed by atoms with van der Waals surface area (Å²) >= 11 is 1.52. The highest BCUT2D eigenvalue weighted by Crippen LogP contribution is 2.35. The summed E-state index contributed by atoms with van der Waals surface area (Å²) in [5.74, 6) is 2.03. The molecule has 2 aromatic heterocycles. The Kier molecular flexibility index (Phi) is 5.30. The van der Waals surface area contributed by atoms with Crippen LogP contribution in [0.15, 0.2) is 125 Å². The molecule has 0 N–H and O–H groups in total. The molecule has 0 bridgehead atoms. The first-order valence-corrected chi connectivity index (χ1v) is 11.8. The van der Waals surface area contributed by atoms with E-state index in [1.807, 2.05) is 91.0 Å². The maximum Gasteiger partial charge on any atom is 0.281 e. The summed E-state index contributed by atoms with van der Waals surface area (Å²) < 4.78 is 6.35. The lowest BCUT2D eigenvalue weighted by Crippen LogP contribution is -1.95. The lowest BCUT2D eigenvalue weighted by molar-refractivity contribution is 0.539. The highest BCUT2D eigenvalue weighted by molar-refractivity contribution is 7.13. The van der Waals surface area contributed by atoms with Crippen LogP contribution in [0.25, 0.3) is 44.1 Å². The fourth-order valence-electron chi connectivity index (χ4n) is 3.84. The Labute approximate surface area is 200 Å². The van der Waals surface area contributed by atoms with E-state index in [0.29, 0.717) is 16.5 Å². The number of rotatable bonds is 4. The van der Waals surface area contributed by atoms with Crippen molar-refractivity contribution in [3.63, 3.8) is 0 Å². The Hall–Kier alpha value is -4.35. The SMILES string of the molecule is c1ccc(-c2nc(N=c3oc(-c4ccccc4)c(-c4ccccc4)s3)c3ccccc3n2)cc1. The molecule has 162 valence electrons. The van der Waals surface area contributed by atoms with Crippen molar-refractivity contribution in [1.29, 1.82) is 0 Å². The highest BCUT2D eigenvalue weighted by atomic mass is 32.1. The van der Waals surface area contributed by atoms with Crippen LogP contribution in [0.1, 0.15) is 0 Å². The number of nitrogens with zero attached hydrogens (tertiary/aromatic N) is 3. The van der Waals surface area contributed by atoms with E-state index < -0.39 is 0 Å². The first-order chi connectivity index (χ1) is 16.8. The van der Waals surface area contributed by atoms with Crippen LogP contribution >= 0.6 is 11.3 Å². The molecule has 0 atom stereocenters. The van der Waals surface area contributed by atoms with E-state index in [9.17, 15) is 0 Å². The molecule has 0 saturated heterocycles. The molecule has 0 unspecified atom stereocenters.